The van der Waals surface area contributed by atoms with E-state index >= 15 is 0 Å². The molecular weight excluding hydrogens is 424 g/mol. The first-order chi connectivity index (χ1) is 15.6. The molecule has 1 aromatic heterocycles. The smallest absolute Gasteiger partial charge is 0.267 e. The van der Waals surface area contributed by atoms with Gasteiger partial charge in [-0.3, -0.25) is 9.69 Å². The number of carbonyl (C=O) groups excluding carboxylic acids is 1. The normalized spacial score (nSPS) is 16.2. The van der Waals surface area contributed by atoms with Crippen molar-refractivity contribution in [3.05, 3.63) is 95.3 Å². The second-order valence-corrected chi connectivity index (χ2v) is 8.04. The monoisotopic (exact) mass is 446 g/mol. The molecule has 1 saturated heterocycles. The van der Waals surface area contributed by atoms with Crippen molar-refractivity contribution in [1.29, 1.82) is 0 Å². The van der Waals surface area contributed by atoms with Crippen LogP contribution in [-0.4, -0.2) is 28.2 Å². The van der Waals surface area contributed by atoms with Gasteiger partial charge in [0, 0.05) is 5.56 Å². The van der Waals surface area contributed by atoms with Crippen molar-refractivity contribution < 1.29 is 19.1 Å². The van der Waals surface area contributed by atoms with E-state index in [9.17, 15) is 9.90 Å². The number of nitrogens with zero attached hydrogens (tertiary/aromatic N) is 2. The van der Waals surface area contributed by atoms with Crippen LogP contribution in [0.3, 0.4) is 0 Å². The number of hydrogen-bond donors (Lipinski definition) is 1. The minimum absolute atomic E-state index is 0.0747. The average molecular weight is 447 g/mol. The number of rotatable bonds is 7. The van der Waals surface area contributed by atoms with Crippen LogP contribution >= 0.6 is 11.8 Å². The van der Waals surface area contributed by atoms with Gasteiger partial charge in [-0.2, -0.15) is 0 Å². The second kappa shape index (κ2) is 9.62. The molecule has 0 unspecified atom stereocenters. The van der Waals surface area contributed by atoms with Gasteiger partial charge in [0.05, 0.1) is 30.5 Å². The van der Waals surface area contributed by atoms with E-state index in [1.54, 1.807) is 35.4 Å². The van der Waals surface area contributed by atoms with Gasteiger partial charge in [-0.15, -0.1) is 6.58 Å². The van der Waals surface area contributed by atoms with Crippen molar-refractivity contribution in [2.75, 3.05) is 7.11 Å². The maximum atomic E-state index is 13.3. The summed E-state index contributed by atoms with van der Waals surface area (Å²) in [6.07, 6.45) is 5.55. The molecule has 1 N–H and O–H groups in total. The van der Waals surface area contributed by atoms with Crippen LogP contribution in [0.4, 0.5) is 5.69 Å². The Morgan fingerprint density at radius 1 is 1.22 bits per heavy atom. The number of aliphatic imine (C=N–C) groups is 1. The van der Waals surface area contributed by atoms with E-state index < -0.39 is 0 Å². The maximum Gasteiger partial charge on any atom is 0.267 e. The van der Waals surface area contributed by atoms with Gasteiger partial charge in [-0.1, -0.05) is 24.3 Å². The third-order valence-corrected chi connectivity index (χ3v) is 5.83. The molecule has 6 nitrogen and oxygen atoms in total. The quantitative estimate of drug-likeness (QED) is 0.382. The van der Waals surface area contributed by atoms with Gasteiger partial charge in [-0.25, -0.2) is 4.99 Å². The molecule has 1 aliphatic heterocycles. The first-order valence-corrected chi connectivity index (χ1v) is 10.8. The Hall–Kier alpha value is -3.71. The van der Waals surface area contributed by atoms with Crippen LogP contribution in [0.5, 0.6) is 11.5 Å². The SMILES string of the molecule is C=CCc1cc(/C=C2/SC(=Nc3ccccc3)N(Cc3ccco3)C2=O)cc(OC)c1O. The molecule has 0 aliphatic carbocycles. The van der Waals surface area contributed by atoms with E-state index in [4.69, 9.17) is 9.15 Å². The number of amidine groups is 1. The Balaban J connectivity index is 1.72. The largest absolute Gasteiger partial charge is 0.504 e. The first-order valence-electron chi connectivity index (χ1n) is 9.97. The molecular formula is C25H22N2O4S. The highest BCUT2D eigenvalue weighted by molar-refractivity contribution is 8.18. The van der Waals surface area contributed by atoms with Crippen molar-refractivity contribution >= 4 is 34.6 Å². The minimum atomic E-state index is -0.168. The van der Waals surface area contributed by atoms with Gasteiger partial charge < -0.3 is 14.3 Å². The Morgan fingerprint density at radius 2 is 2.03 bits per heavy atom. The lowest BCUT2D eigenvalue weighted by molar-refractivity contribution is -0.122. The second-order valence-electron chi connectivity index (χ2n) is 7.03. The molecule has 0 radical (unpaired) electrons. The van der Waals surface area contributed by atoms with Gasteiger partial charge in [0.1, 0.15) is 5.76 Å². The fourth-order valence-electron chi connectivity index (χ4n) is 3.29. The summed E-state index contributed by atoms with van der Waals surface area (Å²) in [6.45, 7) is 4.02. The Kier molecular flexibility index (Phi) is 6.47. The highest BCUT2D eigenvalue weighted by Crippen LogP contribution is 2.37. The molecule has 7 heteroatoms. The summed E-state index contributed by atoms with van der Waals surface area (Å²) < 4.78 is 10.8. The third-order valence-electron chi connectivity index (χ3n) is 4.82. The molecule has 1 amide bonds. The standard InChI is InChI=1S/C25H22N2O4S/c1-3-8-18-13-17(14-21(30-2)23(18)28)15-22-24(29)27(16-20-11-7-12-31-20)25(32-22)26-19-9-5-4-6-10-19/h3-7,9-15,28H,1,8,16H2,2H3/b22-15+,26-25?. The number of phenols is 1. The molecule has 4 rings (SSSR count). The van der Waals surface area contributed by atoms with Gasteiger partial charge in [0.15, 0.2) is 16.7 Å². The molecule has 162 valence electrons. The molecule has 1 aliphatic rings. The molecule has 3 aromatic rings. The summed E-state index contributed by atoms with van der Waals surface area (Å²) in [6, 6.07) is 16.6. The summed E-state index contributed by atoms with van der Waals surface area (Å²) >= 11 is 1.30. The lowest BCUT2D eigenvalue weighted by Gasteiger charge is -2.13. The zero-order chi connectivity index (χ0) is 22.5. The third kappa shape index (κ3) is 4.63. The molecule has 0 spiro atoms. The van der Waals surface area contributed by atoms with Crippen molar-refractivity contribution in [3.63, 3.8) is 0 Å². The molecule has 0 bridgehead atoms. The van der Waals surface area contributed by atoms with E-state index in [1.807, 2.05) is 42.5 Å². The number of hydrogen-bond acceptors (Lipinski definition) is 6. The van der Waals surface area contributed by atoms with Crippen LogP contribution in [-0.2, 0) is 17.8 Å². The van der Waals surface area contributed by atoms with Gasteiger partial charge in [0.2, 0.25) is 0 Å². The summed E-state index contributed by atoms with van der Waals surface area (Å²) in [7, 11) is 1.49. The fourth-order valence-corrected chi connectivity index (χ4v) is 4.29. The van der Waals surface area contributed by atoms with Crippen LogP contribution in [0, 0.1) is 0 Å². The number of allylic oxidation sites excluding steroid dienone is 1. The van der Waals surface area contributed by atoms with Crippen molar-refractivity contribution in [2.24, 2.45) is 4.99 Å². The predicted octanol–water partition coefficient (Wildman–Crippen LogP) is 5.53. The highest BCUT2D eigenvalue weighted by atomic mass is 32.2. The molecule has 0 atom stereocenters. The Labute approximate surface area is 190 Å². The topological polar surface area (TPSA) is 75.3 Å². The van der Waals surface area contributed by atoms with Crippen LogP contribution in [0.1, 0.15) is 16.9 Å². The van der Waals surface area contributed by atoms with Crippen LogP contribution < -0.4 is 4.74 Å². The summed E-state index contributed by atoms with van der Waals surface area (Å²) in [5.74, 6) is 0.918. The fraction of sp³-hybridized carbons (Fsp3) is 0.120. The number of benzene rings is 2. The number of para-hydroxylation sites is 1. The van der Waals surface area contributed by atoms with E-state index in [2.05, 4.69) is 11.6 Å². The molecule has 2 aromatic carbocycles. The minimum Gasteiger partial charge on any atom is -0.504 e. The van der Waals surface area contributed by atoms with E-state index in [-0.39, 0.29) is 18.2 Å². The number of carbonyl (C=O) groups is 1. The zero-order valence-electron chi connectivity index (χ0n) is 17.5. The number of thioether (sulfide) groups is 1. The number of phenolic OH excluding ortho intramolecular Hbond substituents is 1. The van der Waals surface area contributed by atoms with Gasteiger partial charge in [0.25, 0.3) is 5.91 Å². The van der Waals surface area contributed by atoms with Crippen molar-refractivity contribution in [1.82, 2.24) is 4.90 Å². The molecule has 32 heavy (non-hydrogen) atoms. The van der Waals surface area contributed by atoms with Crippen LogP contribution in [0.25, 0.3) is 6.08 Å². The summed E-state index contributed by atoms with van der Waals surface area (Å²) in [5.41, 5.74) is 2.17. The number of methoxy groups -OCH3 is 1. The lowest BCUT2D eigenvalue weighted by Crippen LogP contribution is -2.28. The van der Waals surface area contributed by atoms with Crippen molar-refractivity contribution in [2.45, 2.75) is 13.0 Å². The number of furan rings is 1. The number of ether oxygens (including phenoxy) is 1. The van der Waals surface area contributed by atoms with Crippen LogP contribution in [0.2, 0.25) is 0 Å². The first kappa shape index (κ1) is 21.5. The zero-order valence-corrected chi connectivity index (χ0v) is 18.3. The van der Waals surface area contributed by atoms with Crippen LogP contribution in [0.15, 0.2) is 87.8 Å². The average Bonchev–Trinajstić information content (AvgIpc) is 3.41. The van der Waals surface area contributed by atoms with E-state index in [0.29, 0.717) is 33.6 Å². The number of aromatic hydroxyl groups is 1. The molecule has 1 fully saturated rings. The van der Waals surface area contributed by atoms with Gasteiger partial charge in [-0.05, 0) is 66.2 Å². The summed E-state index contributed by atoms with van der Waals surface area (Å²) in [4.78, 5) is 20.1. The van der Waals surface area contributed by atoms with Gasteiger partial charge >= 0.3 is 0 Å². The van der Waals surface area contributed by atoms with E-state index in [1.165, 1.54) is 18.9 Å². The van der Waals surface area contributed by atoms with E-state index in [0.717, 1.165) is 11.3 Å². The maximum absolute atomic E-state index is 13.3. The molecule has 2 heterocycles. The summed E-state index contributed by atoms with van der Waals surface area (Å²) in [5, 5.41) is 10.9. The number of amides is 1. The molecule has 0 saturated carbocycles. The predicted molar refractivity (Wildman–Crippen MR) is 127 cm³/mol. The Bertz CT molecular complexity index is 1180. The van der Waals surface area contributed by atoms with Crippen molar-refractivity contribution in [3.8, 4) is 11.5 Å². The lowest BCUT2D eigenvalue weighted by atomic mass is 10.1. The highest BCUT2D eigenvalue weighted by Gasteiger charge is 2.34. The Morgan fingerprint density at radius 3 is 2.72 bits per heavy atom.